The highest BCUT2D eigenvalue weighted by molar-refractivity contribution is 5.75. The van der Waals surface area contributed by atoms with Crippen LogP contribution in [0.25, 0.3) is 0 Å². The Bertz CT molecular complexity index is 421. The molecule has 1 aromatic carbocycles. The molecule has 0 bridgehead atoms. The summed E-state index contributed by atoms with van der Waals surface area (Å²) in [4.78, 5) is 10.9. The first-order valence-corrected chi connectivity index (χ1v) is 6.57. The van der Waals surface area contributed by atoms with E-state index in [2.05, 4.69) is 12.2 Å². The van der Waals surface area contributed by atoms with Gasteiger partial charge in [-0.05, 0) is 44.2 Å². The van der Waals surface area contributed by atoms with Crippen LogP contribution >= 0.6 is 0 Å². The van der Waals surface area contributed by atoms with Crippen molar-refractivity contribution in [3.05, 3.63) is 35.4 Å². The molecular formula is C15H21NO2. The summed E-state index contributed by atoms with van der Waals surface area (Å²) >= 11 is 0. The summed E-state index contributed by atoms with van der Waals surface area (Å²) in [5, 5.41) is 12.5. The summed E-state index contributed by atoms with van der Waals surface area (Å²) in [5.74, 6) is -1.21. The minimum absolute atomic E-state index is 0.313. The minimum Gasteiger partial charge on any atom is -0.481 e. The highest BCUT2D eigenvalue weighted by Gasteiger charge is 2.30. The van der Waals surface area contributed by atoms with E-state index in [1.54, 1.807) is 6.92 Å². The Morgan fingerprint density at radius 2 is 2.00 bits per heavy atom. The molecule has 1 fully saturated rings. The van der Waals surface area contributed by atoms with E-state index in [1.807, 2.05) is 24.3 Å². The van der Waals surface area contributed by atoms with Crippen LogP contribution in [-0.4, -0.2) is 16.6 Å². The summed E-state index contributed by atoms with van der Waals surface area (Å²) in [5.41, 5.74) is 2.39. The molecule has 1 aliphatic rings. The average molecular weight is 247 g/mol. The molecule has 1 saturated carbocycles. The van der Waals surface area contributed by atoms with Gasteiger partial charge in [0.2, 0.25) is 0 Å². The number of carbonyl (C=O) groups is 1. The topological polar surface area (TPSA) is 49.3 Å². The van der Waals surface area contributed by atoms with E-state index in [-0.39, 0.29) is 0 Å². The van der Waals surface area contributed by atoms with Gasteiger partial charge in [-0.2, -0.15) is 0 Å². The molecule has 0 amide bonds. The Hall–Kier alpha value is -1.35. The number of carboxylic acid groups (broad SMARTS) is 1. The van der Waals surface area contributed by atoms with Gasteiger partial charge >= 0.3 is 5.97 Å². The third-order valence-electron chi connectivity index (χ3n) is 4.03. The first-order valence-electron chi connectivity index (χ1n) is 6.57. The van der Waals surface area contributed by atoms with Crippen LogP contribution in [0.15, 0.2) is 24.3 Å². The zero-order chi connectivity index (χ0) is 13.2. The Morgan fingerprint density at radius 1 is 1.39 bits per heavy atom. The number of hydrogen-bond acceptors (Lipinski definition) is 2. The first kappa shape index (κ1) is 13.1. The Morgan fingerprint density at radius 3 is 2.44 bits per heavy atom. The van der Waals surface area contributed by atoms with Crippen molar-refractivity contribution in [1.82, 2.24) is 5.32 Å². The summed E-state index contributed by atoms with van der Waals surface area (Å²) < 4.78 is 0. The number of benzene rings is 1. The van der Waals surface area contributed by atoms with Crippen LogP contribution in [0, 0.1) is 0 Å². The summed E-state index contributed by atoms with van der Waals surface area (Å²) in [6.07, 6.45) is 3.82. The van der Waals surface area contributed by atoms with Crippen LogP contribution in [0.2, 0.25) is 0 Å². The van der Waals surface area contributed by atoms with Crippen LogP contribution in [0.1, 0.15) is 50.2 Å². The van der Waals surface area contributed by atoms with E-state index in [0.29, 0.717) is 5.54 Å². The van der Waals surface area contributed by atoms with Crippen molar-refractivity contribution in [2.75, 3.05) is 0 Å². The molecule has 2 N–H and O–H groups in total. The molecule has 1 atom stereocenters. The molecule has 1 aliphatic carbocycles. The van der Waals surface area contributed by atoms with Crippen LogP contribution < -0.4 is 5.32 Å². The van der Waals surface area contributed by atoms with Crippen molar-refractivity contribution >= 4 is 5.97 Å². The molecule has 98 valence electrons. The molecule has 0 spiro atoms. The van der Waals surface area contributed by atoms with E-state index in [0.717, 1.165) is 12.1 Å². The predicted molar refractivity (Wildman–Crippen MR) is 71.6 cm³/mol. The molecule has 1 unspecified atom stereocenters. The van der Waals surface area contributed by atoms with E-state index in [9.17, 15) is 4.79 Å². The molecule has 2 rings (SSSR count). The molecule has 0 radical (unpaired) electrons. The quantitative estimate of drug-likeness (QED) is 0.841. The first-order chi connectivity index (χ1) is 8.50. The number of carboxylic acids is 1. The summed E-state index contributed by atoms with van der Waals surface area (Å²) in [7, 11) is 0. The van der Waals surface area contributed by atoms with Gasteiger partial charge in [-0.25, -0.2) is 0 Å². The van der Waals surface area contributed by atoms with Gasteiger partial charge in [0, 0.05) is 12.1 Å². The molecular weight excluding hydrogens is 226 g/mol. The molecule has 0 aromatic heterocycles. The monoisotopic (exact) mass is 247 g/mol. The van der Waals surface area contributed by atoms with E-state index >= 15 is 0 Å². The van der Waals surface area contributed by atoms with Crippen molar-refractivity contribution in [2.24, 2.45) is 0 Å². The zero-order valence-corrected chi connectivity index (χ0v) is 11.1. The van der Waals surface area contributed by atoms with E-state index in [4.69, 9.17) is 5.11 Å². The van der Waals surface area contributed by atoms with Gasteiger partial charge in [-0.15, -0.1) is 0 Å². The van der Waals surface area contributed by atoms with Crippen LogP contribution in [0.4, 0.5) is 0 Å². The second-order valence-corrected chi connectivity index (χ2v) is 5.57. The predicted octanol–water partition coefficient (Wildman–Crippen LogP) is 2.91. The lowest BCUT2D eigenvalue weighted by Gasteiger charge is -2.39. The molecule has 0 saturated heterocycles. The second kappa shape index (κ2) is 5.11. The van der Waals surface area contributed by atoms with Crippen molar-refractivity contribution in [3.8, 4) is 0 Å². The maximum atomic E-state index is 10.9. The lowest BCUT2D eigenvalue weighted by atomic mass is 9.78. The van der Waals surface area contributed by atoms with Gasteiger partial charge in [-0.1, -0.05) is 24.3 Å². The van der Waals surface area contributed by atoms with Crippen LogP contribution in [-0.2, 0) is 11.3 Å². The maximum absolute atomic E-state index is 10.9. The van der Waals surface area contributed by atoms with Gasteiger partial charge in [0.25, 0.3) is 0 Å². The molecule has 3 nitrogen and oxygen atoms in total. The van der Waals surface area contributed by atoms with Crippen molar-refractivity contribution in [1.29, 1.82) is 0 Å². The fourth-order valence-electron chi connectivity index (χ4n) is 2.27. The lowest BCUT2D eigenvalue weighted by molar-refractivity contribution is -0.138. The molecule has 18 heavy (non-hydrogen) atoms. The highest BCUT2D eigenvalue weighted by atomic mass is 16.4. The second-order valence-electron chi connectivity index (χ2n) is 5.57. The standard InChI is InChI=1S/C15H21NO2/c1-11(14(17)18)13-6-4-12(5-7-13)10-16-15(2)8-3-9-15/h4-7,11,16H,3,8-10H2,1-2H3,(H,17,18). The third kappa shape index (κ3) is 2.91. The number of hydrogen-bond donors (Lipinski definition) is 2. The summed E-state index contributed by atoms with van der Waals surface area (Å²) in [6.45, 7) is 4.83. The molecule has 0 heterocycles. The smallest absolute Gasteiger partial charge is 0.310 e. The molecule has 0 aliphatic heterocycles. The minimum atomic E-state index is -0.775. The van der Waals surface area contributed by atoms with Crippen LogP contribution in [0.3, 0.4) is 0 Å². The Labute approximate surface area is 108 Å². The van der Waals surface area contributed by atoms with Gasteiger partial charge < -0.3 is 10.4 Å². The highest BCUT2D eigenvalue weighted by Crippen LogP contribution is 2.31. The van der Waals surface area contributed by atoms with Gasteiger partial charge in [-0.3, -0.25) is 4.79 Å². The molecule has 1 aromatic rings. The zero-order valence-electron chi connectivity index (χ0n) is 11.1. The number of rotatable bonds is 5. The van der Waals surface area contributed by atoms with E-state index in [1.165, 1.54) is 24.8 Å². The number of nitrogens with one attached hydrogen (secondary N) is 1. The van der Waals surface area contributed by atoms with Crippen molar-refractivity contribution < 1.29 is 9.90 Å². The summed E-state index contributed by atoms with van der Waals surface area (Å²) in [6, 6.07) is 7.87. The lowest BCUT2D eigenvalue weighted by Crippen LogP contribution is -2.47. The van der Waals surface area contributed by atoms with Gasteiger partial charge in [0.15, 0.2) is 0 Å². The van der Waals surface area contributed by atoms with Gasteiger partial charge in [0.1, 0.15) is 0 Å². The van der Waals surface area contributed by atoms with Crippen molar-refractivity contribution in [2.45, 2.75) is 51.1 Å². The largest absolute Gasteiger partial charge is 0.481 e. The van der Waals surface area contributed by atoms with Crippen molar-refractivity contribution in [3.63, 3.8) is 0 Å². The molecule has 3 heteroatoms. The average Bonchev–Trinajstić information content (AvgIpc) is 2.33. The normalized spacial score (nSPS) is 19.0. The van der Waals surface area contributed by atoms with Gasteiger partial charge in [0.05, 0.1) is 5.92 Å². The Kier molecular flexibility index (Phi) is 3.71. The van der Waals surface area contributed by atoms with Crippen LogP contribution in [0.5, 0.6) is 0 Å². The Balaban J connectivity index is 1.93. The third-order valence-corrected chi connectivity index (χ3v) is 4.03. The SMILES string of the molecule is CC(C(=O)O)c1ccc(CNC2(C)CCC2)cc1. The van der Waals surface area contributed by atoms with E-state index < -0.39 is 11.9 Å². The number of aliphatic carboxylic acids is 1. The maximum Gasteiger partial charge on any atom is 0.310 e. The fourth-order valence-corrected chi connectivity index (χ4v) is 2.27. The fraction of sp³-hybridized carbons (Fsp3) is 0.533.